The Kier molecular flexibility index (Phi) is 3.86. The highest BCUT2D eigenvalue weighted by Crippen LogP contribution is 2.27. The molecule has 0 aliphatic rings. The van der Waals surface area contributed by atoms with Crippen LogP contribution in [0.1, 0.15) is 13.8 Å². The molecule has 0 unspecified atom stereocenters. The van der Waals surface area contributed by atoms with Crippen molar-refractivity contribution in [3.8, 4) is 0 Å². The van der Waals surface area contributed by atoms with Gasteiger partial charge in [-0.2, -0.15) is 0 Å². The van der Waals surface area contributed by atoms with Crippen LogP contribution in [-0.4, -0.2) is 20.6 Å². The van der Waals surface area contributed by atoms with Crippen LogP contribution >= 0.6 is 27.7 Å². The van der Waals surface area contributed by atoms with E-state index in [1.54, 1.807) is 0 Å². The van der Waals surface area contributed by atoms with Gasteiger partial charge in [-0.05, 0) is 5.41 Å². The number of thioether (sulfide) groups is 1. The third-order valence-corrected chi connectivity index (χ3v) is 4.83. The van der Waals surface area contributed by atoms with Crippen molar-refractivity contribution in [1.82, 2.24) is 9.55 Å². The van der Waals surface area contributed by atoms with E-state index in [9.17, 15) is 0 Å². The van der Waals surface area contributed by atoms with Crippen LogP contribution in [-0.2, 0) is 7.05 Å². The molecule has 2 nitrogen and oxygen atoms in total. The van der Waals surface area contributed by atoms with E-state index in [-0.39, 0.29) is 0 Å². The summed E-state index contributed by atoms with van der Waals surface area (Å²) in [7, 11) is 2.02. The molecule has 1 rings (SSSR count). The number of nitrogens with zero attached hydrogens (tertiary/aromatic N) is 2. The standard InChI is InChI=1S/C9H15BrN2S/c1-9(2,6-10)7-13-8-11-4-5-12(8)3/h4-5H,6-7H2,1-3H3. The van der Waals surface area contributed by atoms with Crippen molar-refractivity contribution in [1.29, 1.82) is 0 Å². The van der Waals surface area contributed by atoms with Gasteiger partial charge in [-0.15, -0.1) is 0 Å². The second-order valence-electron chi connectivity index (χ2n) is 3.91. The Balaban J connectivity index is 2.48. The maximum atomic E-state index is 4.26. The van der Waals surface area contributed by atoms with Crippen LogP contribution in [0.4, 0.5) is 0 Å². The lowest BCUT2D eigenvalue weighted by molar-refractivity contribution is 0.495. The second kappa shape index (κ2) is 4.51. The molecule has 0 aliphatic heterocycles. The molecule has 0 saturated carbocycles. The summed E-state index contributed by atoms with van der Waals surface area (Å²) in [4.78, 5) is 4.26. The molecule has 1 heterocycles. The normalized spacial score (nSPS) is 12.0. The van der Waals surface area contributed by atoms with Crippen LogP contribution in [0.5, 0.6) is 0 Å². The Morgan fingerprint density at radius 2 is 2.31 bits per heavy atom. The molecule has 0 bridgehead atoms. The topological polar surface area (TPSA) is 17.8 Å². The molecule has 0 amide bonds. The molecule has 4 heteroatoms. The van der Waals surface area contributed by atoms with Crippen molar-refractivity contribution in [2.24, 2.45) is 12.5 Å². The average molecular weight is 263 g/mol. The largest absolute Gasteiger partial charge is 0.329 e. The van der Waals surface area contributed by atoms with Crippen molar-refractivity contribution in [3.63, 3.8) is 0 Å². The highest BCUT2D eigenvalue weighted by molar-refractivity contribution is 9.09. The predicted molar refractivity (Wildman–Crippen MR) is 61.5 cm³/mol. The van der Waals surface area contributed by atoms with Gasteiger partial charge in [-0.25, -0.2) is 4.98 Å². The first-order chi connectivity index (χ1) is 6.05. The van der Waals surface area contributed by atoms with Gasteiger partial charge in [0.05, 0.1) is 0 Å². The molecule has 1 aromatic rings. The molecular weight excluding hydrogens is 248 g/mol. The first-order valence-electron chi connectivity index (χ1n) is 4.21. The van der Waals surface area contributed by atoms with Crippen LogP contribution in [0.3, 0.4) is 0 Å². The fraction of sp³-hybridized carbons (Fsp3) is 0.667. The van der Waals surface area contributed by atoms with Gasteiger partial charge in [-0.3, -0.25) is 0 Å². The lowest BCUT2D eigenvalue weighted by Crippen LogP contribution is -2.16. The minimum Gasteiger partial charge on any atom is -0.329 e. The molecule has 0 fully saturated rings. The van der Waals surface area contributed by atoms with Crippen LogP contribution in [0.25, 0.3) is 0 Å². The van der Waals surface area contributed by atoms with Crippen LogP contribution in [0.2, 0.25) is 0 Å². The fourth-order valence-electron chi connectivity index (χ4n) is 0.790. The van der Waals surface area contributed by atoms with Crippen molar-refractivity contribution in [2.45, 2.75) is 19.0 Å². The molecule has 1 aromatic heterocycles. The number of rotatable bonds is 4. The average Bonchev–Trinajstić information content (AvgIpc) is 2.48. The van der Waals surface area contributed by atoms with Gasteiger partial charge in [0.15, 0.2) is 5.16 Å². The molecule has 0 spiro atoms. The third kappa shape index (κ3) is 3.35. The first kappa shape index (κ1) is 11.1. The summed E-state index contributed by atoms with van der Waals surface area (Å²) in [6, 6.07) is 0. The van der Waals surface area contributed by atoms with Gasteiger partial charge in [-0.1, -0.05) is 41.5 Å². The van der Waals surface area contributed by atoms with E-state index in [1.165, 1.54) is 0 Å². The number of halogens is 1. The lowest BCUT2D eigenvalue weighted by atomic mass is 10.0. The first-order valence-corrected chi connectivity index (χ1v) is 6.32. The number of alkyl halides is 1. The maximum Gasteiger partial charge on any atom is 0.167 e. The van der Waals surface area contributed by atoms with Crippen LogP contribution < -0.4 is 0 Å². The number of imidazole rings is 1. The summed E-state index contributed by atoms with van der Waals surface area (Å²) in [5.41, 5.74) is 0.330. The van der Waals surface area contributed by atoms with Crippen molar-refractivity contribution in [2.75, 3.05) is 11.1 Å². The van der Waals surface area contributed by atoms with Gasteiger partial charge in [0.1, 0.15) is 0 Å². The summed E-state index contributed by atoms with van der Waals surface area (Å²) in [6.45, 7) is 4.50. The van der Waals surface area contributed by atoms with Gasteiger partial charge in [0, 0.05) is 30.5 Å². The maximum absolute atomic E-state index is 4.26. The quantitative estimate of drug-likeness (QED) is 0.614. The van der Waals surface area contributed by atoms with E-state index in [2.05, 4.69) is 39.3 Å². The van der Waals surface area contributed by atoms with Gasteiger partial charge in [0.25, 0.3) is 0 Å². The van der Waals surface area contributed by atoms with Crippen LogP contribution in [0, 0.1) is 5.41 Å². The minimum atomic E-state index is 0.330. The van der Waals surface area contributed by atoms with Gasteiger partial charge >= 0.3 is 0 Å². The highest BCUT2D eigenvalue weighted by Gasteiger charge is 2.17. The molecule has 0 N–H and O–H groups in total. The summed E-state index contributed by atoms with van der Waals surface area (Å²) >= 11 is 5.32. The number of hydrogen-bond donors (Lipinski definition) is 0. The number of hydrogen-bond acceptors (Lipinski definition) is 2. The minimum absolute atomic E-state index is 0.330. The van der Waals surface area contributed by atoms with E-state index >= 15 is 0 Å². The van der Waals surface area contributed by atoms with Crippen molar-refractivity contribution in [3.05, 3.63) is 12.4 Å². The van der Waals surface area contributed by atoms with Gasteiger partial charge < -0.3 is 4.57 Å². The lowest BCUT2D eigenvalue weighted by Gasteiger charge is -2.20. The zero-order valence-corrected chi connectivity index (χ0v) is 10.7. The third-order valence-electron chi connectivity index (χ3n) is 1.73. The summed E-state index contributed by atoms with van der Waals surface area (Å²) in [5, 5.41) is 2.12. The van der Waals surface area contributed by atoms with E-state index in [4.69, 9.17) is 0 Å². The Bertz CT molecular complexity index is 270. The molecule has 0 atom stereocenters. The molecule has 13 heavy (non-hydrogen) atoms. The van der Waals surface area contributed by atoms with Crippen LogP contribution in [0.15, 0.2) is 17.6 Å². The van der Waals surface area contributed by atoms with Gasteiger partial charge in [0.2, 0.25) is 0 Å². The molecular formula is C9H15BrN2S. The van der Waals surface area contributed by atoms with E-state index in [0.717, 1.165) is 16.2 Å². The Morgan fingerprint density at radius 1 is 1.62 bits per heavy atom. The number of aryl methyl sites for hydroxylation is 1. The van der Waals surface area contributed by atoms with Crippen molar-refractivity contribution >= 4 is 27.7 Å². The highest BCUT2D eigenvalue weighted by atomic mass is 79.9. The predicted octanol–water partition coefficient (Wildman–Crippen LogP) is 2.93. The fourth-order valence-corrected chi connectivity index (χ4v) is 2.27. The summed E-state index contributed by atoms with van der Waals surface area (Å²) < 4.78 is 2.05. The second-order valence-corrected chi connectivity index (χ2v) is 5.41. The zero-order chi connectivity index (χ0) is 9.90. The molecule has 0 aliphatic carbocycles. The van der Waals surface area contributed by atoms with E-state index < -0.39 is 0 Å². The smallest absolute Gasteiger partial charge is 0.167 e. The SMILES string of the molecule is Cn1ccnc1SCC(C)(C)CBr. The number of aromatic nitrogens is 2. The van der Waals surface area contributed by atoms with E-state index in [0.29, 0.717) is 5.41 Å². The zero-order valence-electron chi connectivity index (χ0n) is 8.25. The molecule has 0 aromatic carbocycles. The molecule has 0 radical (unpaired) electrons. The monoisotopic (exact) mass is 262 g/mol. The Hall–Kier alpha value is 0.0400. The Morgan fingerprint density at radius 3 is 2.77 bits per heavy atom. The molecule has 74 valence electrons. The van der Waals surface area contributed by atoms with E-state index in [1.807, 2.05) is 31.2 Å². The summed E-state index contributed by atoms with van der Waals surface area (Å²) in [5.74, 6) is 1.09. The summed E-state index contributed by atoms with van der Waals surface area (Å²) in [6.07, 6.45) is 3.81. The van der Waals surface area contributed by atoms with Crippen molar-refractivity contribution < 1.29 is 0 Å². The molecule has 0 saturated heterocycles. The Labute approximate surface area is 92.3 Å².